The number of rotatable bonds is 4. The largest absolute Gasteiger partial charge is 0.468 e. The van der Waals surface area contributed by atoms with Crippen LogP contribution in [0.2, 0.25) is 5.02 Å². The van der Waals surface area contributed by atoms with Crippen molar-refractivity contribution in [1.82, 2.24) is 19.2 Å². The van der Waals surface area contributed by atoms with Gasteiger partial charge in [0.05, 0.1) is 38.0 Å². The van der Waals surface area contributed by atoms with Crippen molar-refractivity contribution in [3.63, 3.8) is 0 Å². The molecule has 0 unspecified atom stereocenters. The summed E-state index contributed by atoms with van der Waals surface area (Å²) >= 11 is 6.73. The highest BCUT2D eigenvalue weighted by atomic mass is 35.5. The lowest BCUT2D eigenvalue weighted by Gasteiger charge is -2.38. The molecule has 0 bridgehead atoms. The Hall–Kier alpha value is -3.01. The van der Waals surface area contributed by atoms with Crippen LogP contribution in [0.25, 0.3) is 11.4 Å². The molecular weight excluding hydrogens is 488 g/mol. The highest BCUT2D eigenvalue weighted by Crippen LogP contribution is 2.44. The minimum Gasteiger partial charge on any atom is -0.468 e. The van der Waals surface area contributed by atoms with E-state index in [4.69, 9.17) is 25.8 Å². The normalized spacial score (nSPS) is 17.7. The second-order valence-electron chi connectivity index (χ2n) is 11.2. The number of pyridine rings is 1. The molecule has 0 aliphatic carbocycles. The molecule has 0 spiro atoms. The van der Waals surface area contributed by atoms with E-state index in [9.17, 15) is 14.4 Å². The van der Waals surface area contributed by atoms with Gasteiger partial charge < -0.3 is 23.7 Å². The maximum Gasteiger partial charge on any atom is 0.410 e. The molecule has 10 nitrogen and oxygen atoms in total. The van der Waals surface area contributed by atoms with E-state index in [1.165, 1.54) is 6.07 Å². The van der Waals surface area contributed by atoms with Crippen molar-refractivity contribution in [3.8, 4) is 17.3 Å². The van der Waals surface area contributed by atoms with Gasteiger partial charge in [0.1, 0.15) is 28.0 Å². The number of carbonyl (C=O) groups excluding carboxylic acids is 2. The summed E-state index contributed by atoms with van der Waals surface area (Å²) in [6.45, 7) is 14.7. The number of hydrogen-bond acceptors (Lipinski definition) is 7. The first-order valence-corrected chi connectivity index (χ1v) is 12.4. The lowest BCUT2D eigenvalue weighted by molar-refractivity contribution is -0.0233. The second-order valence-corrected chi connectivity index (χ2v) is 11.6. The molecule has 196 valence electrons. The number of likely N-dealkylation sites (tertiary alicyclic amines) is 1. The summed E-state index contributed by atoms with van der Waals surface area (Å²) in [5, 5.41) is 4.87. The van der Waals surface area contributed by atoms with Gasteiger partial charge in [-0.2, -0.15) is 0 Å². The zero-order chi connectivity index (χ0) is 26.6. The van der Waals surface area contributed by atoms with Crippen LogP contribution in [0.5, 0.6) is 5.88 Å². The van der Waals surface area contributed by atoms with E-state index in [0.29, 0.717) is 31.0 Å². The van der Waals surface area contributed by atoms with Crippen LogP contribution in [0.3, 0.4) is 0 Å². The zero-order valence-electron chi connectivity index (χ0n) is 21.8. The van der Waals surface area contributed by atoms with Gasteiger partial charge in [0.25, 0.3) is 5.88 Å². The van der Waals surface area contributed by atoms with Gasteiger partial charge in [-0.05, 0) is 33.1 Å². The number of nitrogens with zero attached hydrogens (tertiary/aromatic N) is 4. The van der Waals surface area contributed by atoms with E-state index >= 15 is 0 Å². The van der Waals surface area contributed by atoms with Crippen LogP contribution in [-0.2, 0) is 16.0 Å². The predicted molar refractivity (Wildman–Crippen MR) is 134 cm³/mol. The van der Waals surface area contributed by atoms with E-state index in [2.05, 4.69) is 25.9 Å². The Kier molecular flexibility index (Phi) is 6.61. The Bertz CT molecular complexity index is 1250. The van der Waals surface area contributed by atoms with E-state index in [1.54, 1.807) is 22.7 Å². The van der Waals surface area contributed by atoms with Gasteiger partial charge in [-0.3, -0.25) is 9.48 Å². The average molecular weight is 521 g/mol. The van der Waals surface area contributed by atoms with Gasteiger partial charge in [0.15, 0.2) is 5.43 Å². The number of aromatic nitrogens is 3. The maximum atomic E-state index is 12.9. The Morgan fingerprint density at radius 1 is 1.14 bits per heavy atom. The van der Waals surface area contributed by atoms with Crippen LogP contribution >= 0.6 is 11.6 Å². The molecule has 1 amide bonds. The highest BCUT2D eigenvalue weighted by Gasteiger charge is 2.39. The van der Waals surface area contributed by atoms with Crippen LogP contribution in [0, 0.1) is 5.41 Å². The average Bonchev–Trinajstić information content (AvgIpc) is 3.02. The summed E-state index contributed by atoms with van der Waals surface area (Å²) in [4.78, 5) is 39.0. The van der Waals surface area contributed by atoms with Crippen molar-refractivity contribution in [3.05, 3.63) is 33.1 Å². The Labute approximate surface area is 215 Å². The van der Waals surface area contributed by atoms with Crippen molar-refractivity contribution >= 4 is 23.7 Å². The Morgan fingerprint density at radius 2 is 1.81 bits per heavy atom. The van der Waals surface area contributed by atoms with Gasteiger partial charge in [0.2, 0.25) is 0 Å². The third-order valence-corrected chi connectivity index (χ3v) is 6.48. The van der Waals surface area contributed by atoms with Crippen LogP contribution < -0.4 is 10.2 Å². The SMILES string of the molecule is CCOC(=O)c1cn2c(cc1=O)-c1c(Cl)c(OC3CN(C(=O)OC(C)(C)C)C3)nn1C[C@H]2C(C)(C)C. The number of ether oxygens (including phenoxy) is 3. The van der Waals surface area contributed by atoms with Gasteiger partial charge in [-0.25, -0.2) is 9.59 Å². The van der Waals surface area contributed by atoms with Crippen molar-refractivity contribution in [2.75, 3.05) is 19.7 Å². The topological polar surface area (TPSA) is 105 Å². The molecule has 4 heterocycles. The van der Waals surface area contributed by atoms with Gasteiger partial charge in [-0.15, -0.1) is 5.10 Å². The molecule has 0 radical (unpaired) electrons. The number of esters is 1. The fourth-order valence-electron chi connectivity index (χ4n) is 4.32. The zero-order valence-corrected chi connectivity index (χ0v) is 22.5. The first-order valence-electron chi connectivity index (χ1n) is 12.0. The molecule has 2 aromatic rings. The van der Waals surface area contributed by atoms with Crippen LogP contribution in [0.15, 0.2) is 17.1 Å². The summed E-state index contributed by atoms with van der Waals surface area (Å²) < 4.78 is 20.2. The van der Waals surface area contributed by atoms with Crippen LogP contribution in [0.1, 0.15) is 64.9 Å². The molecule has 0 aromatic carbocycles. The van der Waals surface area contributed by atoms with Crippen molar-refractivity contribution in [2.45, 2.75) is 72.8 Å². The summed E-state index contributed by atoms with van der Waals surface area (Å²) in [6, 6.07) is 1.28. The van der Waals surface area contributed by atoms with Gasteiger partial charge in [-0.1, -0.05) is 32.4 Å². The second kappa shape index (κ2) is 9.14. The first kappa shape index (κ1) is 26.1. The number of carbonyl (C=O) groups is 2. The van der Waals surface area contributed by atoms with Crippen molar-refractivity contribution in [2.24, 2.45) is 5.41 Å². The van der Waals surface area contributed by atoms with Gasteiger partial charge in [0, 0.05) is 12.3 Å². The number of amides is 1. The monoisotopic (exact) mass is 520 g/mol. The summed E-state index contributed by atoms with van der Waals surface area (Å²) in [7, 11) is 0. The summed E-state index contributed by atoms with van der Waals surface area (Å²) in [5.74, 6) is -0.414. The maximum absolute atomic E-state index is 12.9. The molecule has 1 atom stereocenters. The molecule has 2 aliphatic heterocycles. The summed E-state index contributed by atoms with van der Waals surface area (Å²) in [6.07, 6.45) is 0.888. The van der Waals surface area contributed by atoms with Crippen molar-refractivity contribution < 1.29 is 23.8 Å². The third kappa shape index (κ3) is 4.96. The standard InChI is InChI=1S/C25H33ClN4O6/c1-8-34-22(32)15-12-29-16(9-17(15)31)20-19(26)21(27-30(20)13-18(29)24(2,3)4)35-14-10-28(11-14)23(33)36-25(5,6)7/h9,12,14,18H,8,10-11,13H2,1-7H3/t18-/m0/s1. The van der Waals surface area contributed by atoms with E-state index in [-0.39, 0.29) is 40.6 Å². The molecule has 1 saturated heterocycles. The Balaban J connectivity index is 1.63. The van der Waals surface area contributed by atoms with Crippen LogP contribution in [0.4, 0.5) is 4.79 Å². The summed E-state index contributed by atoms with van der Waals surface area (Å²) in [5.41, 5.74) is -0.176. The number of fused-ring (bicyclic) bond motifs is 3. The molecule has 11 heteroatoms. The molecule has 2 aliphatic rings. The van der Waals surface area contributed by atoms with E-state index in [0.717, 1.165) is 0 Å². The number of hydrogen-bond donors (Lipinski definition) is 0. The van der Waals surface area contributed by atoms with Crippen molar-refractivity contribution in [1.29, 1.82) is 0 Å². The molecule has 0 saturated carbocycles. The van der Waals surface area contributed by atoms with Gasteiger partial charge >= 0.3 is 12.1 Å². The fourth-order valence-corrected chi connectivity index (χ4v) is 4.60. The lowest BCUT2D eigenvalue weighted by Crippen LogP contribution is -2.57. The van der Waals surface area contributed by atoms with Crippen LogP contribution in [-0.4, -0.2) is 62.7 Å². The quantitative estimate of drug-likeness (QED) is 0.558. The molecular formula is C25H33ClN4O6. The molecule has 36 heavy (non-hydrogen) atoms. The number of halogens is 1. The molecule has 2 aromatic heterocycles. The van der Waals surface area contributed by atoms with E-state index in [1.807, 2.05) is 25.3 Å². The first-order chi connectivity index (χ1) is 16.7. The molecule has 0 N–H and O–H groups in total. The molecule has 4 rings (SSSR count). The highest BCUT2D eigenvalue weighted by molar-refractivity contribution is 6.34. The third-order valence-electron chi connectivity index (χ3n) is 6.14. The Morgan fingerprint density at radius 3 is 2.39 bits per heavy atom. The van der Waals surface area contributed by atoms with E-state index < -0.39 is 23.1 Å². The fraction of sp³-hybridized carbons (Fsp3) is 0.600. The molecule has 1 fully saturated rings. The predicted octanol–water partition coefficient (Wildman–Crippen LogP) is 4.14. The smallest absolute Gasteiger partial charge is 0.410 e. The minimum atomic E-state index is -0.654. The minimum absolute atomic E-state index is 0.0212. The lowest BCUT2D eigenvalue weighted by atomic mass is 9.85.